The SMILES string of the molecule is O=[SH](=O)Nc1ccccc1Oc1ccccc1.[Na]. The summed E-state index contributed by atoms with van der Waals surface area (Å²) in [4.78, 5) is 0. The van der Waals surface area contributed by atoms with Gasteiger partial charge in [-0.25, -0.2) is 8.42 Å². The van der Waals surface area contributed by atoms with Gasteiger partial charge in [0.1, 0.15) is 5.75 Å². The van der Waals surface area contributed by atoms with Crippen LogP contribution in [0.25, 0.3) is 0 Å². The summed E-state index contributed by atoms with van der Waals surface area (Å²) in [5.41, 5.74) is 0.424. The predicted octanol–water partition coefficient (Wildman–Crippen LogP) is 2.04. The smallest absolute Gasteiger partial charge is 0.222 e. The molecule has 1 radical (unpaired) electrons. The fraction of sp³-hybridized carbons (Fsp3) is 0. The first-order chi connectivity index (χ1) is 8.25. The van der Waals surface area contributed by atoms with Crippen LogP contribution in [0.5, 0.6) is 11.5 Å². The topological polar surface area (TPSA) is 55.4 Å². The van der Waals surface area contributed by atoms with Gasteiger partial charge in [0.2, 0.25) is 10.9 Å². The number of benzene rings is 2. The van der Waals surface area contributed by atoms with Gasteiger partial charge in [-0.05, 0) is 24.3 Å². The first-order valence-electron chi connectivity index (χ1n) is 4.99. The zero-order chi connectivity index (χ0) is 12.1. The third kappa shape index (κ3) is 4.34. The van der Waals surface area contributed by atoms with Gasteiger partial charge in [-0.2, -0.15) is 0 Å². The second-order valence-electron chi connectivity index (χ2n) is 3.28. The molecule has 6 heteroatoms. The van der Waals surface area contributed by atoms with Crippen molar-refractivity contribution in [3.8, 4) is 11.5 Å². The molecule has 4 nitrogen and oxygen atoms in total. The number of hydrogen-bond donors (Lipinski definition) is 2. The minimum atomic E-state index is -2.70. The van der Waals surface area contributed by atoms with Gasteiger partial charge >= 0.3 is 0 Å². The van der Waals surface area contributed by atoms with Crippen LogP contribution in [0.15, 0.2) is 54.6 Å². The Morgan fingerprint density at radius 2 is 1.50 bits per heavy atom. The van der Waals surface area contributed by atoms with E-state index in [9.17, 15) is 8.42 Å². The van der Waals surface area contributed by atoms with Crippen LogP contribution in [0.4, 0.5) is 5.69 Å². The number of ether oxygens (including phenoxy) is 1. The van der Waals surface area contributed by atoms with Crippen LogP contribution in [0.3, 0.4) is 0 Å². The van der Waals surface area contributed by atoms with Crippen LogP contribution in [0.2, 0.25) is 0 Å². The molecular formula is C12H11NNaO3S. The normalized spacial score (nSPS) is 9.61. The van der Waals surface area contributed by atoms with E-state index in [2.05, 4.69) is 4.72 Å². The van der Waals surface area contributed by atoms with Gasteiger partial charge in [0, 0.05) is 29.6 Å². The fourth-order valence-electron chi connectivity index (χ4n) is 1.36. The van der Waals surface area contributed by atoms with Crippen molar-refractivity contribution in [3.05, 3.63) is 54.6 Å². The van der Waals surface area contributed by atoms with Crippen molar-refractivity contribution < 1.29 is 13.2 Å². The number of rotatable bonds is 4. The van der Waals surface area contributed by atoms with Gasteiger partial charge in [-0.3, -0.25) is 4.72 Å². The van der Waals surface area contributed by atoms with Gasteiger partial charge in [0.05, 0.1) is 5.69 Å². The number of thiol groups is 1. The summed E-state index contributed by atoms with van der Waals surface area (Å²) in [5.74, 6) is 1.13. The van der Waals surface area contributed by atoms with Crippen LogP contribution in [-0.2, 0) is 10.9 Å². The molecule has 2 aromatic rings. The zero-order valence-electron chi connectivity index (χ0n) is 9.87. The molecule has 1 N–H and O–H groups in total. The molecule has 0 aliphatic carbocycles. The van der Waals surface area contributed by atoms with Crippen molar-refractivity contribution in [2.24, 2.45) is 0 Å². The van der Waals surface area contributed by atoms with Crippen molar-refractivity contribution >= 4 is 46.1 Å². The van der Waals surface area contributed by atoms with E-state index in [4.69, 9.17) is 4.74 Å². The van der Waals surface area contributed by atoms with E-state index >= 15 is 0 Å². The second-order valence-corrected chi connectivity index (χ2v) is 4.02. The first kappa shape index (κ1) is 15.0. The molecule has 0 aliphatic rings. The minimum absolute atomic E-state index is 0. The molecule has 18 heavy (non-hydrogen) atoms. The predicted molar refractivity (Wildman–Crippen MR) is 72.6 cm³/mol. The van der Waals surface area contributed by atoms with E-state index in [1.807, 2.05) is 18.2 Å². The van der Waals surface area contributed by atoms with E-state index < -0.39 is 10.9 Å². The van der Waals surface area contributed by atoms with E-state index in [0.717, 1.165) is 0 Å². The Morgan fingerprint density at radius 3 is 2.17 bits per heavy atom. The van der Waals surface area contributed by atoms with Crippen molar-refractivity contribution in [2.45, 2.75) is 0 Å². The third-order valence-corrected chi connectivity index (χ3v) is 2.49. The number of anilines is 1. The van der Waals surface area contributed by atoms with E-state index in [1.165, 1.54) is 0 Å². The molecule has 2 aromatic carbocycles. The van der Waals surface area contributed by atoms with E-state index in [1.54, 1.807) is 36.4 Å². The maximum Gasteiger partial charge on any atom is 0.222 e. The average molecular weight is 272 g/mol. The summed E-state index contributed by atoms with van der Waals surface area (Å²) < 4.78 is 29.2. The largest absolute Gasteiger partial charge is 0.455 e. The fourth-order valence-corrected chi connectivity index (χ4v) is 1.74. The average Bonchev–Trinajstić information content (AvgIpc) is 2.32. The first-order valence-corrected chi connectivity index (χ1v) is 6.16. The Bertz CT molecular complexity index is 565. The molecular weight excluding hydrogens is 261 g/mol. The monoisotopic (exact) mass is 272 g/mol. The van der Waals surface area contributed by atoms with Crippen LogP contribution in [0, 0.1) is 0 Å². The quantitative estimate of drug-likeness (QED) is 0.661. The molecule has 0 aliphatic heterocycles. The van der Waals surface area contributed by atoms with Crippen LogP contribution in [-0.4, -0.2) is 38.0 Å². The van der Waals surface area contributed by atoms with Crippen LogP contribution >= 0.6 is 0 Å². The molecule has 0 bridgehead atoms. The van der Waals surface area contributed by atoms with E-state index in [0.29, 0.717) is 17.2 Å². The number of nitrogens with one attached hydrogen (secondary N) is 1. The van der Waals surface area contributed by atoms with Crippen molar-refractivity contribution in [1.82, 2.24) is 0 Å². The zero-order valence-corrected chi connectivity index (χ0v) is 12.8. The summed E-state index contributed by atoms with van der Waals surface area (Å²) in [6.07, 6.45) is 0. The van der Waals surface area contributed by atoms with Crippen LogP contribution in [0.1, 0.15) is 0 Å². The Kier molecular flexibility index (Phi) is 6.21. The molecule has 0 heterocycles. The molecule has 0 spiro atoms. The Balaban J connectivity index is 0.00000162. The minimum Gasteiger partial charge on any atom is -0.455 e. The Morgan fingerprint density at radius 1 is 0.889 bits per heavy atom. The molecule has 0 saturated heterocycles. The molecule has 2 rings (SSSR count). The Labute approximate surface area is 129 Å². The number of para-hydroxylation sites is 3. The Hall–Kier alpha value is -1.01. The standard InChI is InChI=1S/C12H11NO3S.Na/c14-17(15)13-11-8-4-5-9-12(11)16-10-6-2-1-3-7-10;/h1-9,17H,(H,13,14,15);. The van der Waals surface area contributed by atoms with E-state index in [-0.39, 0.29) is 29.6 Å². The summed E-state index contributed by atoms with van der Waals surface area (Å²) in [5, 5.41) is 0. The van der Waals surface area contributed by atoms with Gasteiger partial charge in [-0.1, -0.05) is 30.3 Å². The maximum absolute atomic E-state index is 10.6. The maximum atomic E-state index is 10.6. The molecule has 0 fully saturated rings. The third-order valence-electron chi connectivity index (χ3n) is 2.07. The van der Waals surface area contributed by atoms with Crippen molar-refractivity contribution in [3.63, 3.8) is 0 Å². The number of hydrogen-bond acceptors (Lipinski definition) is 3. The van der Waals surface area contributed by atoms with Crippen molar-refractivity contribution in [2.75, 3.05) is 4.72 Å². The molecule has 0 unspecified atom stereocenters. The summed E-state index contributed by atoms with van der Waals surface area (Å²) >= 11 is 0. The molecule has 89 valence electrons. The van der Waals surface area contributed by atoms with Crippen molar-refractivity contribution in [1.29, 1.82) is 0 Å². The summed E-state index contributed by atoms with van der Waals surface area (Å²) in [6, 6.07) is 16.0. The van der Waals surface area contributed by atoms with Gasteiger partial charge in [0.25, 0.3) is 0 Å². The van der Waals surface area contributed by atoms with Crippen LogP contribution < -0.4 is 9.46 Å². The molecule has 0 aromatic heterocycles. The summed E-state index contributed by atoms with van der Waals surface area (Å²) in [6.45, 7) is 0. The van der Waals surface area contributed by atoms with Gasteiger partial charge in [0.15, 0.2) is 5.75 Å². The summed E-state index contributed by atoms with van der Waals surface area (Å²) in [7, 11) is -2.70. The molecule has 0 amide bonds. The molecule has 0 atom stereocenters. The van der Waals surface area contributed by atoms with Gasteiger partial charge < -0.3 is 4.74 Å². The molecule has 0 saturated carbocycles. The van der Waals surface area contributed by atoms with Gasteiger partial charge in [-0.15, -0.1) is 0 Å². The second kappa shape index (κ2) is 7.43.